The maximum Gasteiger partial charge on any atom is 0.317 e. The zero-order valence-electron chi connectivity index (χ0n) is 15.0. The van der Waals surface area contributed by atoms with Gasteiger partial charge in [0, 0.05) is 17.6 Å². The summed E-state index contributed by atoms with van der Waals surface area (Å²) in [5, 5.41) is 13.5. The molecule has 1 aliphatic heterocycles. The molecular formula is C21H23ClN2O3. The fraction of sp³-hybridized carbons (Fsp3) is 0.381. The van der Waals surface area contributed by atoms with Crippen molar-refractivity contribution in [3.8, 4) is 5.75 Å². The van der Waals surface area contributed by atoms with Gasteiger partial charge in [-0.25, -0.2) is 4.79 Å². The number of nitrogens with zero attached hydrogens (tertiary/aromatic N) is 1. The fourth-order valence-electron chi connectivity index (χ4n) is 3.77. The molecule has 1 unspecified atom stereocenters. The third-order valence-corrected chi connectivity index (χ3v) is 5.65. The van der Waals surface area contributed by atoms with Gasteiger partial charge in [0.1, 0.15) is 11.9 Å². The lowest BCUT2D eigenvalue weighted by Gasteiger charge is -2.39. The van der Waals surface area contributed by atoms with Crippen LogP contribution in [0, 0.1) is 0 Å². The summed E-state index contributed by atoms with van der Waals surface area (Å²) < 4.78 is 5.79. The molecule has 27 heavy (non-hydrogen) atoms. The van der Waals surface area contributed by atoms with E-state index in [1.54, 1.807) is 23.1 Å². The standard InChI is InChI=1S/C21H23ClN2O3/c22-17-6-4-14(5-7-17)16-10-18(11-16)23-21(26)24-8-9-27-20(13-24)15-2-1-3-19(25)12-15/h1-7,12,16,18,20,25H,8-11,13H2,(H,23,26). The van der Waals surface area contributed by atoms with E-state index in [4.69, 9.17) is 16.3 Å². The van der Waals surface area contributed by atoms with Crippen LogP contribution in [0.4, 0.5) is 4.79 Å². The lowest BCUT2D eigenvalue weighted by molar-refractivity contribution is -0.0163. The smallest absolute Gasteiger partial charge is 0.317 e. The van der Waals surface area contributed by atoms with Crippen LogP contribution in [-0.4, -0.2) is 41.8 Å². The molecule has 1 heterocycles. The van der Waals surface area contributed by atoms with E-state index in [1.807, 2.05) is 18.2 Å². The van der Waals surface area contributed by atoms with Gasteiger partial charge in [-0.15, -0.1) is 0 Å². The molecule has 1 saturated carbocycles. The van der Waals surface area contributed by atoms with Crippen molar-refractivity contribution in [3.05, 3.63) is 64.7 Å². The molecule has 2 amide bonds. The number of phenolic OH excluding ortho intramolecular Hbond substituents is 1. The van der Waals surface area contributed by atoms with Crippen LogP contribution in [0.2, 0.25) is 5.02 Å². The van der Waals surface area contributed by atoms with Crippen molar-refractivity contribution >= 4 is 17.6 Å². The SMILES string of the molecule is O=C(NC1CC(c2ccc(Cl)cc2)C1)N1CCOC(c2cccc(O)c2)C1. The van der Waals surface area contributed by atoms with Gasteiger partial charge in [-0.1, -0.05) is 35.9 Å². The number of hydrogen-bond donors (Lipinski definition) is 2. The summed E-state index contributed by atoms with van der Waals surface area (Å²) in [7, 11) is 0. The van der Waals surface area contributed by atoms with Gasteiger partial charge in [-0.05, 0) is 54.2 Å². The first kappa shape index (κ1) is 18.1. The molecule has 2 aromatic rings. The number of rotatable bonds is 3. The number of carbonyl (C=O) groups is 1. The molecule has 2 fully saturated rings. The van der Waals surface area contributed by atoms with Crippen LogP contribution in [-0.2, 0) is 4.74 Å². The summed E-state index contributed by atoms with van der Waals surface area (Å²) >= 11 is 5.94. The lowest BCUT2D eigenvalue weighted by atomic mass is 9.76. The van der Waals surface area contributed by atoms with Gasteiger partial charge < -0.3 is 20.1 Å². The minimum Gasteiger partial charge on any atom is -0.508 e. The highest BCUT2D eigenvalue weighted by molar-refractivity contribution is 6.30. The normalized spacial score (nSPS) is 24.9. The number of nitrogens with one attached hydrogen (secondary N) is 1. The second-order valence-corrected chi connectivity index (χ2v) is 7.70. The Kier molecular flexibility index (Phi) is 5.23. The minimum atomic E-state index is -0.209. The average Bonchev–Trinajstić information content (AvgIpc) is 2.65. The van der Waals surface area contributed by atoms with Gasteiger partial charge >= 0.3 is 6.03 Å². The summed E-state index contributed by atoms with van der Waals surface area (Å²) in [6.07, 6.45) is 1.70. The van der Waals surface area contributed by atoms with Gasteiger partial charge in [0.2, 0.25) is 0 Å². The molecule has 1 atom stereocenters. The Morgan fingerprint density at radius 3 is 2.67 bits per heavy atom. The monoisotopic (exact) mass is 386 g/mol. The van der Waals surface area contributed by atoms with Crippen molar-refractivity contribution in [2.24, 2.45) is 0 Å². The molecule has 1 aliphatic carbocycles. The number of halogens is 1. The average molecular weight is 387 g/mol. The predicted octanol–water partition coefficient (Wildman–Crippen LogP) is 4.07. The summed E-state index contributed by atoms with van der Waals surface area (Å²) in [5.41, 5.74) is 2.17. The third-order valence-electron chi connectivity index (χ3n) is 5.40. The molecule has 4 rings (SSSR count). The van der Waals surface area contributed by atoms with Crippen molar-refractivity contribution in [2.75, 3.05) is 19.7 Å². The Morgan fingerprint density at radius 1 is 1.15 bits per heavy atom. The van der Waals surface area contributed by atoms with Crippen molar-refractivity contribution in [2.45, 2.75) is 30.9 Å². The Bertz CT molecular complexity index is 805. The Labute approximate surface area is 163 Å². The summed E-state index contributed by atoms with van der Waals surface area (Å²) in [5.74, 6) is 0.692. The van der Waals surface area contributed by atoms with E-state index >= 15 is 0 Å². The number of urea groups is 1. The Balaban J connectivity index is 1.29. The van der Waals surface area contributed by atoms with Gasteiger partial charge in [0.25, 0.3) is 0 Å². The first-order valence-electron chi connectivity index (χ1n) is 9.30. The zero-order chi connectivity index (χ0) is 18.8. The highest BCUT2D eigenvalue weighted by atomic mass is 35.5. The second kappa shape index (κ2) is 7.79. The fourth-order valence-corrected chi connectivity index (χ4v) is 3.90. The minimum absolute atomic E-state index is 0.0389. The van der Waals surface area contributed by atoms with E-state index in [0.29, 0.717) is 25.6 Å². The molecule has 142 valence electrons. The molecule has 1 saturated heterocycles. The maximum absolute atomic E-state index is 12.6. The van der Waals surface area contributed by atoms with Crippen LogP contribution in [0.5, 0.6) is 5.75 Å². The van der Waals surface area contributed by atoms with E-state index in [-0.39, 0.29) is 23.9 Å². The molecule has 2 N–H and O–H groups in total. The lowest BCUT2D eigenvalue weighted by Crippen LogP contribution is -2.52. The number of ether oxygens (including phenoxy) is 1. The van der Waals surface area contributed by atoms with Crippen molar-refractivity contribution in [1.82, 2.24) is 10.2 Å². The number of aromatic hydroxyl groups is 1. The highest BCUT2D eigenvalue weighted by Crippen LogP contribution is 2.37. The Hall–Kier alpha value is -2.24. The molecule has 5 nitrogen and oxygen atoms in total. The molecule has 6 heteroatoms. The number of carbonyl (C=O) groups excluding carboxylic acids is 1. The first-order valence-corrected chi connectivity index (χ1v) is 9.68. The topological polar surface area (TPSA) is 61.8 Å². The maximum atomic E-state index is 12.6. The summed E-state index contributed by atoms with van der Waals surface area (Å²) in [6, 6.07) is 15.1. The van der Waals surface area contributed by atoms with E-state index in [2.05, 4.69) is 17.4 Å². The molecular weight excluding hydrogens is 364 g/mol. The van der Waals surface area contributed by atoms with E-state index in [9.17, 15) is 9.90 Å². The molecule has 0 radical (unpaired) electrons. The molecule has 0 aromatic heterocycles. The van der Waals surface area contributed by atoms with Crippen LogP contribution in [0.15, 0.2) is 48.5 Å². The van der Waals surface area contributed by atoms with Crippen molar-refractivity contribution in [1.29, 1.82) is 0 Å². The van der Waals surface area contributed by atoms with E-state index in [0.717, 1.165) is 23.4 Å². The molecule has 0 bridgehead atoms. The largest absolute Gasteiger partial charge is 0.508 e. The Morgan fingerprint density at radius 2 is 1.93 bits per heavy atom. The second-order valence-electron chi connectivity index (χ2n) is 7.27. The van der Waals surface area contributed by atoms with Gasteiger partial charge in [0.05, 0.1) is 13.2 Å². The van der Waals surface area contributed by atoms with Gasteiger partial charge in [0.15, 0.2) is 0 Å². The number of morpholine rings is 1. The molecule has 0 spiro atoms. The van der Waals surface area contributed by atoms with Crippen molar-refractivity contribution in [3.63, 3.8) is 0 Å². The first-order chi connectivity index (χ1) is 13.1. The van der Waals surface area contributed by atoms with Crippen LogP contribution < -0.4 is 5.32 Å². The van der Waals surface area contributed by atoms with E-state index < -0.39 is 0 Å². The summed E-state index contributed by atoms with van der Waals surface area (Å²) in [6.45, 7) is 1.56. The van der Waals surface area contributed by atoms with Crippen LogP contribution in [0.25, 0.3) is 0 Å². The number of phenols is 1. The number of hydrogen-bond acceptors (Lipinski definition) is 3. The molecule has 2 aromatic carbocycles. The van der Waals surface area contributed by atoms with E-state index in [1.165, 1.54) is 5.56 Å². The third kappa shape index (κ3) is 4.20. The number of benzene rings is 2. The molecule has 2 aliphatic rings. The highest BCUT2D eigenvalue weighted by Gasteiger charge is 2.33. The van der Waals surface area contributed by atoms with Gasteiger partial charge in [-0.3, -0.25) is 0 Å². The van der Waals surface area contributed by atoms with Gasteiger partial charge in [-0.2, -0.15) is 0 Å². The van der Waals surface area contributed by atoms with Crippen LogP contribution in [0.3, 0.4) is 0 Å². The number of amides is 2. The predicted molar refractivity (Wildman–Crippen MR) is 104 cm³/mol. The van der Waals surface area contributed by atoms with Crippen LogP contribution >= 0.6 is 11.6 Å². The summed E-state index contributed by atoms with van der Waals surface area (Å²) in [4.78, 5) is 14.4. The van der Waals surface area contributed by atoms with Crippen LogP contribution in [0.1, 0.15) is 36.0 Å². The zero-order valence-corrected chi connectivity index (χ0v) is 15.7. The van der Waals surface area contributed by atoms with Crippen molar-refractivity contribution < 1.29 is 14.6 Å². The quantitative estimate of drug-likeness (QED) is 0.835.